The Morgan fingerprint density at radius 1 is 0.964 bits per heavy atom. The lowest BCUT2D eigenvalue weighted by molar-refractivity contribution is -0.149. The third-order valence-corrected chi connectivity index (χ3v) is 3.24. The number of carbonyl (C=O) groups is 3. The number of nitrogens with two attached hydrogens (primary N) is 1. The number of amides is 2. The molecule has 10 heteroatoms. The Hall–Kier alpha value is -3.69. The predicted molar refractivity (Wildman–Crippen MR) is 93.1 cm³/mol. The third kappa shape index (κ3) is 6.24. The van der Waals surface area contributed by atoms with Crippen molar-refractivity contribution in [2.24, 2.45) is 5.73 Å². The number of carbonyl (C=O) groups excluding carboxylic acids is 3. The SMILES string of the molecule is NC(=O)c1ccccc1OCC(=O)OCC(=O)Nc1ccccc1OC(F)F. The molecule has 2 rings (SSSR count). The van der Waals surface area contributed by atoms with E-state index in [1.54, 1.807) is 12.1 Å². The van der Waals surface area contributed by atoms with E-state index in [4.69, 9.17) is 15.2 Å². The molecule has 28 heavy (non-hydrogen) atoms. The van der Waals surface area contributed by atoms with Crippen molar-refractivity contribution in [3.05, 3.63) is 54.1 Å². The standard InChI is InChI=1S/C18H16F2N2O6/c19-18(20)28-14-8-4-2-6-12(14)22-15(23)9-27-16(24)10-26-13-7-3-1-5-11(13)17(21)25/h1-8,18H,9-10H2,(H2,21,25)(H,22,23). The maximum atomic E-state index is 12.3. The molecule has 0 aliphatic heterocycles. The fourth-order valence-electron chi connectivity index (χ4n) is 2.08. The van der Waals surface area contributed by atoms with E-state index in [9.17, 15) is 23.2 Å². The Bertz CT molecular complexity index is 859. The quantitative estimate of drug-likeness (QED) is 0.628. The van der Waals surface area contributed by atoms with E-state index in [0.29, 0.717) is 0 Å². The smallest absolute Gasteiger partial charge is 0.387 e. The minimum Gasteiger partial charge on any atom is -0.481 e. The fraction of sp³-hybridized carbons (Fsp3) is 0.167. The molecule has 0 bridgehead atoms. The Morgan fingerprint density at radius 3 is 2.29 bits per heavy atom. The number of primary amides is 1. The number of para-hydroxylation sites is 3. The van der Waals surface area contributed by atoms with Gasteiger partial charge in [-0.15, -0.1) is 0 Å². The Morgan fingerprint density at radius 2 is 1.61 bits per heavy atom. The molecule has 0 aliphatic carbocycles. The summed E-state index contributed by atoms with van der Waals surface area (Å²) in [7, 11) is 0. The van der Waals surface area contributed by atoms with Gasteiger partial charge in [0.15, 0.2) is 13.2 Å². The van der Waals surface area contributed by atoms with Crippen molar-refractivity contribution in [3.8, 4) is 11.5 Å². The van der Waals surface area contributed by atoms with Crippen LogP contribution in [0.4, 0.5) is 14.5 Å². The van der Waals surface area contributed by atoms with Crippen LogP contribution in [0.15, 0.2) is 48.5 Å². The van der Waals surface area contributed by atoms with Crippen LogP contribution >= 0.6 is 0 Å². The average Bonchev–Trinajstić information content (AvgIpc) is 2.66. The molecule has 0 fully saturated rings. The summed E-state index contributed by atoms with van der Waals surface area (Å²) in [4.78, 5) is 34.8. The van der Waals surface area contributed by atoms with Gasteiger partial charge in [0.25, 0.3) is 11.8 Å². The lowest BCUT2D eigenvalue weighted by Gasteiger charge is -2.12. The van der Waals surface area contributed by atoms with E-state index in [-0.39, 0.29) is 22.7 Å². The lowest BCUT2D eigenvalue weighted by atomic mass is 10.2. The van der Waals surface area contributed by atoms with Crippen molar-refractivity contribution < 1.29 is 37.4 Å². The van der Waals surface area contributed by atoms with Gasteiger partial charge in [-0.1, -0.05) is 24.3 Å². The molecule has 148 valence electrons. The van der Waals surface area contributed by atoms with Gasteiger partial charge < -0.3 is 25.3 Å². The largest absolute Gasteiger partial charge is 0.481 e. The van der Waals surface area contributed by atoms with Gasteiger partial charge in [-0.3, -0.25) is 9.59 Å². The molecule has 0 heterocycles. The number of rotatable bonds is 9. The van der Waals surface area contributed by atoms with E-state index in [0.717, 1.165) is 0 Å². The molecule has 0 radical (unpaired) electrons. The number of alkyl halides is 2. The number of anilines is 1. The first-order valence-electron chi connectivity index (χ1n) is 7.87. The van der Waals surface area contributed by atoms with Crippen LogP contribution in [0.25, 0.3) is 0 Å². The highest BCUT2D eigenvalue weighted by molar-refractivity contribution is 5.96. The number of hydrogen-bond acceptors (Lipinski definition) is 6. The Balaban J connectivity index is 1.84. The van der Waals surface area contributed by atoms with Crippen molar-refractivity contribution in [1.82, 2.24) is 0 Å². The van der Waals surface area contributed by atoms with E-state index in [2.05, 4.69) is 10.1 Å². The maximum Gasteiger partial charge on any atom is 0.387 e. The lowest BCUT2D eigenvalue weighted by Crippen LogP contribution is -2.24. The number of ether oxygens (including phenoxy) is 3. The van der Waals surface area contributed by atoms with Crippen LogP contribution in [-0.2, 0) is 14.3 Å². The van der Waals surface area contributed by atoms with Crippen molar-refractivity contribution in [2.45, 2.75) is 6.61 Å². The van der Waals surface area contributed by atoms with Gasteiger partial charge in [-0.2, -0.15) is 8.78 Å². The van der Waals surface area contributed by atoms with Gasteiger partial charge in [0.1, 0.15) is 11.5 Å². The summed E-state index contributed by atoms with van der Waals surface area (Å²) in [5.74, 6) is -2.52. The van der Waals surface area contributed by atoms with Gasteiger partial charge in [0.2, 0.25) is 0 Å². The van der Waals surface area contributed by atoms with Gasteiger partial charge in [-0.05, 0) is 24.3 Å². The zero-order chi connectivity index (χ0) is 20.5. The highest BCUT2D eigenvalue weighted by Crippen LogP contribution is 2.25. The number of nitrogens with one attached hydrogen (secondary N) is 1. The van der Waals surface area contributed by atoms with Gasteiger partial charge in [-0.25, -0.2) is 4.79 Å². The molecule has 0 unspecified atom stereocenters. The normalized spacial score (nSPS) is 10.2. The predicted octanol–water partition coefficient (Wildman–Crippen LogP) is 1.95. The topological polar surface area (TPSA) is 117 Å². The molecule has 0 saturated carbocycles. The van der Waals surface area contributed by atoms with E-state index >= 15 is 0 Å². The molecule has 2 amide bonds. The van der Waals surface area contributed by atoms with Gasteiger partial charge in [0, 0.05) is 0 Å². The number of benzene rings is 2. The summed E-state index contributed by atoms with van der Waals surface area (Å²) in [5.41, 5.74) is 5.27. The van der Waals surface area contributed by atoms with Crippen LogP contribution in [0, 0.1) is 0 Å². The monoisotopic (exact) mass is 394 g/mol. The molecule has 0 atom stereocenters. The van der Waals surface area contributed by atoms with Crippen molar-refractivity contribution in [3.63, 3.8) is 0 Å². The average molecular weight is 394 g/mol. The van der Waals surface area contributed by atoms with E-state index in [1.807, 2.05) is 0 Å². The number of hydrogen-bond donors (Lipinski definition) is 2. The molecule has 3 N–H and O–H groups in total. The second-order valence-corrected chi connectivity index (χ2v) is 5.23. The van der Waals surface area contributed by atoms with Crippen molar-refractivity contribution in [2.75, 3.05) is 18.5 Å². The summed E-state index contributed by atoms with van der Waals surface area (Å²) in [6.45, 7) is -4.30. The third-order valence-electron chi connectivity index (χ3n) is 3.24. The summed E-state index contributed by atoms with van der Waals surface area (Å²) in [6, 6.07) is 11.6. The molecule has 0 aliphatic rings. The summed E-state index contributed by atoms with van der Waals surface area (Å²) in [6.07, 6.45) is 0. The maximum absolute atomic E-state index is 12.3. The van der Waals surface area contributed by atoms with Crippen LogP contribution < -0.4 is 20.5 Å². The summed E-state index contributed by atoms with van der Waals surface area (Å²) >= 11 is 0. The second kappa shape index (κ2) is 9.86. The highest BCUT2D eigenvalue weighted by atomic mass is 19.3. The van der Waals surface area contributed by atoms with Crippen LogP contribution in [0.3, 0.4) is 0 Å². The zero-order valence-corrected chi connectivity index (χ0v) is 14.4. The molecule has 8 nitrogen and oxygen atoms in total. The van der Waals surface area contributed by atoms with Crippen LogP contribution in [0.1, 0.15) is 10.4 Å². The van der Waals surface area contributed by atoms with Gasteiger partial charge >= 0.3 is 12.6 Å². The van der Waals surface area contributed by atoms with Crippen LogP contribution in [-0.4, -0.2) is 37.6 Å². The van der Waals surface area contributed by atoms with Crippen LogP contribution in [0.2, 0.25) is 0 Å². The zero-order valence-electron chi connectivity index (χ0n) is 14.4. The first-order valence-corrected chi connectivity index (χ1v) is 7.87. The van der Waals surface area contributed by atoms with Gasteiger partial charge in [0.05, 0.1) is 11.3 Å². The van der Waals surface area contributed by atoms with E-state index in [1.165, 1.54) is 36.4 Å². The van der Waals surface area contributed by atoms with Crippen molar-refractivity contribution >= 4 is 23.5 Å². The van der Waals surface area contributed by atoms with E-state index < -0.39 is 37.6 Å². The highest BCUT2D eigenvalue weighted by Gasteiger charge is 2.14. The Labute approximate surface area is 158 Å². The van der Waals surface area contributed by atoms with Crippen LogP contribution in [0.5, 0.6) is 11.5 Å². The number of esters is 1. The Kier molecular flexibility index (Phi) is 7.26. The first-order chi connectivity index (χ1) is 13.4. The second-order valence-electron chi connectivity index (χ2n) is 5.23. The fourth-order valence-corrected chi connectivity index (χ4v) is 2.08. The minimum absolute atomic E-state index is 0.00418. The molecule has 0 aromatic heterocycles. The molecule has 2 aromatic carbocycles. The molecular weight excluding hydrogens is 378 g/mol. The summed E-state index contributed by atoms with van der Waals surface area (Å²) in [5, 5.41) is 2.29. The molecule has 0 saturated heterocycles. The molecule has 2 aromatic rings. The number of halogens is 2. The first kappa shape index (κ1) is 20.6. The summed E-state index contributed by atoms with van der Waals surface area (Å²) < 4.78 is 38.9. The molecular formula is C18H16F2N2O6. The minimum atomic E-state index is -3.06. The molecule has 0 spiro atoms. The van der Waals surface area contributed by atoms with Crippen molar-refractivity contribution in [1.29, 1.82) is 0 Å².